The van der Waals surface area contributed by atoms with Gasteiger partial charge in [0.15, 0.2) is 0 Å². The van der Waals surface area contributed by atoms with Crippen LogP contribution >= 0.6 is 0 Å². The summed E-state index contributed by atoms with van der Waals surface area (Å²) in [6, 6.07) is 9.50. The van der Waals surface area contributed by atoms with Crippen LogP contribution in [0.15, 0.2) is 30.3 Å². The Morgan fingerprint density at radius 2 is 1.81 bits per heavy atom. The normalized spacial score (nSPS) is 15.4. The Bertz CT molecular complexity index is 452. The van der Waals surface area contributed by atoms with Crippen LogP contribution < -0.4 is 5.32 Å². The molecule has 1 aromatic carbocycles. The number of hydrogen-bond acceptors (Lipinski definition) is 3. The van der Waals surface area contributed by atoms with Crippen molar-refractivity contribution >= 4 is 11.9 Å². The van der Waals surface area contributed by atoms with Crippen molar-refractivity contribution in [2.45, 2.75) is 45.1 Å². The molecule has 0 aliphatic heterocycles. The van der Waals surface area contributed by atoms with Crippen LogP contribution in [0.25, 0.3) is 0 Å². The molecule has 1 saturated carbocycles. The molecule has 0 saturated heterocycles. The van der Waals surface area contributed by atoms with E-state index in [1.165, 1.54) is 19.3 Å². The molecule has 0 aromatic heterocycles. The first-order valence-electron chi connectivity index (χ1n) is 7.70. The number of ether oxygens (including phenoxy) is 1. The van der Waals surface area contributed by atoms with E-state index in [2.05, 4.69) is 5.32 Å². The van der Waals surface area contributed by atoms with Crippen LogP contribution in [0.1, 0.15) is 44.1 Å². The minimum Gasteiger partial charge on any atom is -0.460 e. The smallest absolute Gasteiger partial charge is 0.325 e. The maximum absolute atomic E-state index is 11.8. The molecule has 1 amide bonds. The third-order valence-corrected chi connectivity index (χ3v) is 3.87. The van der Waals surface area contributed by atoms with E-state index in [-0.39, 0.29) is 19.1 Å². The summed E-state index contributed by atoms with van der Waals surface area (Å²) in [6.45, 7) is 0.205. The molecule has 1 aliphatic rings. The zero-order valence-corrected chi connectivity index (χ0v) is 12.3. The summed E-state index contributed by atoms with van der Waals surface area (Å²) in [5.74, 6) is 0.0495. The summed E-state index contributed by atoms with van der Waals surface area (Å²) >= 11 is 0. The van der Waals surface area contributed by atoms with E-state index in [1.807, 2.05) is 30.3 Å². The number of nitrogens with one attached hydrogen (secondary N) is 1. The van der Waals surface area contributed by atoms with E-state index < -0.39 is 5.97 Å². The topological polar surface area (TPSA) is 55.4 Å². The number of carbonyl (C=O) groups excluding carboxylic acids is 2. The summed E-state index contributed by atoms with van der Waals surface area (Å²) in [7, 11) is 0. The van der Waals surface area contributed by atoms with Gasteiger partial charge in [-0.25, -0.2) is 0 Å². The molecular weight excluding hydrogens is 266 g/mol. The van der Waals surface area contributed by atoms with Crippen molar-refractivity contribution in [3.63, 3.8) is 0 Å². The lowest BCUT2D eigenvalue weighted by molar-refractivity contribution is -0.145. The first kappa shape index (κ1) is 15.5. The van der Waals surface area contributed by atoms with Crippen molar-refractivity contribution in [2.75, 3.05) is 6.54 Å². The summed E-state index contributed by atoms with van der Waals surface area (Å²) in [5, 5.41) is 2.65. The number of hydrogen-bond donors (Lipinski definition) is 1. The number of benzene rings is 1. The van der Waals surface area contributed by atoms with Crippen molar-refractivity contribution in [2.24, 2.45) is 5.92 Å². The Morgan fingerprint density at radius 1 is 1.10 bits per heavy atom. The van der Waals surface area contributed by atoms with E-state index in [1.54, 1.807) is 0 Å². The zero-order chi connectivity index (χ0) is 14.9. The lowest BCUT2D eigenvalue weighted by Crippen LogP contribution is -2.32. The minimum atomic E-state index is -0.393. The van der Waals surface area contributed by atoms with Crippen molar-refractivity contribution in [1.82, 2.24) is 5.32 Å². The fraction of sp³-hybridized carbons (Fsp3) is 0.529. The van der Waals surface area contributed by atoms with Gasteiger partial charge in [-0.05, 0) is 24.3 Å². The number of esters is 1. The first-order valence-corrected chi connectivity index (χ1v) is 7.70. The lowest BCUT2D eigenvalue weighted by atomic mass is 9.87. The lowest BCUT2D eigenvalue weighted by Gasteiger charge is -2.20. The molecule has 21 heavy (non-hydrogen) atoms. The molecule has 1 aromatic rings. The second kappa shape index (κ2) is 8.45. The molecule has 0 radical (unpaired) electrons. The van der Waals surface area contributed by atoms with Gasteiger partial charge in [-0.3, -0.25) is 9.59 Å². The maximum atomic E-state index is 11.8. The molecule has 0 spiro atoms. The molecule has 1 fully saturated rings. The average Bonchev–Trinajstić information content (AvgIpc) is 2.53. The van der Waals surface area contributed by atoms with E-state index in [0.717, 1.165) is 18.4 Å². The molecule has 4 nitrogen and oxygen atoms in total. The predicted octanol–water partition coefficient (Wildman–Crippen LogP) is 2.82. The van der Waals surface area contributed by atoms with Gasteiger partial charge in [-0.15, -0.1) is 0 Å². The number of rotatable bonds is 6. The predicted molar refractivity (Wildman–Crippen MR) is 80.4 cm³/mol. The fourth-order valence-corrected chi connectivity index (χ4v) is 2.69. The van der Waals surface area contributed by atoms with Gasteiger partial charge >= 0.3 is 5.97 Å². The highest BCUT2D eigenvalue weighted by Gasteiger charge is 2.17. The van der Waals surface area contributed by atoms with Gasteiger partial charge in [-0.2, -0.15) is 0 Å². The highest BCUT2D eigenvalue weighted by atomic mass is 16.5. The molecule has 0 atom stereocenters. The highest BCUT2D eigenvalue weighted by molar-refractivity contribution is 5.82. The zero-order valence-electron chi connectivity index (χ0n) is 12.3. The van der Waals surface area contributed by atoms with E-state index in [4.69, 9.17) is 4.74 Å². The van der Waals surface area contributed by atoms with Gasteiger partial charge in [-0.1, -0.05) is 49.6 Å². The molecule has 2 rings (SSSR count). The van der Waals surface area contributed by atoms with Gasteiger partial charge < -0.3 is 10.1 Å². The molecule has 4 heteroatoms. The SMILES string of the molecule is O=C(CC1CCCCC1)NCC(=O)OCc1ccccc1. The van der Waals surface area contributed by atoms with Crippen LogP contribution in [0.3, 0.4) is 0 Å². The summed E-state index contributed by atoms with van der Waals surface area (Å²) in [6.07, 6.45) is 6.52. The Kier molecular flexibility index (Phi) is 6.25. The van der Waals surface area contributed by atoms with Crippen molar-refractivity contribution < 1.29 is 14.3 Å². The summed E-state index contributed by atoms with van der Waals surface area (Å²) in [5.41, 5.74) is 0.944. The van der Waals surface area contributed by atoms with Crippen LogP contribution in [0, 0.1) is 5.92 Å². The largest absolute Gasteiger partial charge is 0.460 e. The Labute approximate surface area is 125 Å². The van der Waals surface area contributed by atoms with Gasteiger partial charge in [0.2, 0.25) is 5.91 Å². The van der Waals surface area contributed by atoms with Crippen molar-refractivity contribution in [3.05, 3.63) is 35.9 Å². The van der Waals surface area contributed by atoms with Gasteiger partial charge in [0.25, 0.3) is 0 Å². The van der Waals surface area contributed by atoms with E-state index in [9.17, 15) is 9.59 Å². The molecule has 0 unspecified atom stereocenters. The molecule has 0 bridgehead atoms. The van der Waals surface area contributed by atoms with Crippen molar-refractivity contribution in [1.29, 1.82) is 0 Å². The Morgan fingerprint density at radius 3 is 2.52 bits per heavy atom. The van der Waals surface area contributed by atoms with Crippen LogP contribution in [-0.2, 0) is 20.9 Å². The minimum absolute atomic E-state index is 0.0430. The summed E-state index contributed by atoms with van der Waals surface area (Å²) in [4.78, 5) is 23.3. The second-order valence-electron chi connectivity index (χ2n) is 5.63. The van der Waals surface area contributed by atoms with E-state index in [0.29, 0.717) is 12.3 Å². The summed E-state index contributed by atoms with van der Waals surface area (Å²) < 4.78 is 5.11. The second-order valence-corrected chi connectivity index (χ2v) is 5.63. The molecule has 114 valence electrons. The number of amides is 1. The molecule has 1 aliphatic carbocycles. The average molecular weight is 289 g/mol. The van der Waals surface area contributed by atoms with Gasteiger partial charge in [0.05, 0.1) is 0 Å². The highest BCUT2D eigenvalue weighted by Crippen LogP contribution is 2.25. The fourth-order valence-electron chi connectivity index (χ4n) is 2.69. The Hall–Kier alpha value is -1.84. The third kappa shape index (κ3) is 5.98. The van der Waals surface area contributed by atoms with Gasteiger partial charge in [0, 0.05) is 6.42 Å². The van der Waals surface area contributed by atoms with Crippen LogP contribution in [0.2, 0.25) is 0 Å². The molecular formula is C17H23NO3. The van der Waals surface area contributed by atoms with Crippen LogP contribution in [-0.4, -0.2) is 18.4 Å². The molecule has 0 heterocycles. The van der Waals surface area contributed by atoms with Gasteiger partial charge in [0.1, 0.15) is 13.2 Å². The molecule has 1 N–H and O–H groups in total. The monoisotopic (exact) mass is 289 g/mol. The third-order valence-electron chi connectivity index (χ3n) is 3.87. The first-order chi connectivity index (χ1) is 10.2. The number of carbonyl (C=O) groups is 2. The van der Waals surface area contributed by atoms with Crippen LogP contribution in [0.4, 0.5) is 0 Å². The maximum Gasteiger partial charge on any atom is 0.325 e. The standard InChI is InChI=1S/C17H23NO3/c19-16(11-14-7-3-1-4-8-14)18-12-17(20)21-13-15-9-5-2-6-10-15/h2,5-6,9-10,14H,1,3-4,7-8,11-13H2,(H,18,19). The van der Waals surface area contributed by atoms with Crippen molar-refractivity contribution in [3.8, 4) is 0 Å². The Balaban J connectivity index is 1.60. The van der Waals surface area contributed by atoms with Crippen LogP contribution in [0.5, 0.6) is 0 Å². The van der Waals surface area contributed by atoms with E-state index >= 15 is 0 Å². The quantitative estimate of drug-likeness (QED) is 0.819.